The molecule has 5 heterocycles. The van der Waals surface area contributed by atoms with Crippen molar-refractivity contribution in [3.63, 3.8) is 0 Å². The second kappa shape index (κ2) is 23.8. The Bertz CT molecular complexity index is 3370. The number of cyclic esters (lactones) is 1. The molecule has 0 fully saturated rings. The Kier molecular flexibility index (Phi) is 17.1. The van der Waals surface area contributed by atoms with E-state index >= 15 is 4.39 Å². The number of carboxylic acid groups (broad SMARTS) is 1. The van der Waals surface area contributed by atoms with E-state index in [-0.39, 0.29) is 71.4 Å². The van der Waals surface area contributed by atoms with Crippen molar-refractivity contribution >= 4 is 70.1 Å². The SMILES string of the molecule is CC[C@@]1(O)C(=O)OCc2c1cc1n(c2=O)Cc2c-1nc1cc(F)c(C)c3c1c2[C@@H](NC(=O)[C@@H](OCNC(=O)CNC(=O)[C@H](Cc1ccccc1)NC(=O)CNC(=O)CNC(=O)[C@@H](CNCC(=O)O)N1C(=O)C=CC1=O)C(F)(F)F)CC3. The summed E-state index contributed by atoms with van der Waals surface area (Å²) in [6.45, 7) is -2.34. The van der Waals surface area contributed by atoms with Gasteiger partial charge in [0, 0.05) is 47.7 Å². The Hall–Kier alpha value is -8.96. The Balaban J connectivity index is 0.885. The smallest absolute Gasteiger partial charge is 0.423 e. The molecule has 0 bridgehead atoms. The van der Waals surface area contributed by atoms with E-state index in [1.807, 2.05) is 5.32 Å². The molecule has 3 aliphatic heterocycles. The van der Waals surface area contributed by atoms with Gasteiger partial charge < -0.3 is 61.5 Å². The molecule has 428 valence electrons. The standard InChI is InChI=1S/C52H52F4N10O15/c1-3-51(79)29-14-34-44-27(21-65(34)49(77)28(29)22-80-50(51)78)43-31(10-9-26-24(2)30(53)15-32(63-44)42(26)43)64-48(76)45(52(54,55)56)81-23-61-37(68)18-59-46(74)33(13-25-7-5-4-6-8-25)62-38(69)19-58-36(67)17-60-47(75)35(16-57-20-41(72)73)66-39(70)11-12-40(66)71/h4-8,11-12,14-15,31,33,35,45,57,79H,3,9-10,13,16-23H2,1-2H3,(H,58,67)(H,59,74)(H,60,75)(H,61,68)(H,62,69)(H,64,76)(H,72,73)/t31-,33-,35+,45+,51-/m0/s1. The fourth-order valence-corrected chi connectivity index (χ4v) is 9.99. The van der Waals surface area contributed by atoms with Gasteiger partial charge in [-0.05, 0) is 54.5 Å². The minimum Gasteiger partial charge on any atom is -0.480 e. The van der Waals surface area contributed by atoms with Gasteiger partial charge in [0.15, 0.2) is 5.60 Å². The predicted molar refractivity (Wildman–Crippen MR) is 269 cm³/mol. The first-order valence-electron chi connectivity index (χ1n) is 25.1. The number of aliphatic carboxylic acids is 1. The van der Waals surface area contributed by atoms with E-state index in [0.29, 0.717) is 27.0 Å². The van der Waals surface area contributed by atoms with E-state index in [1.54, 1.807) is 30.3 Å². The number of carbonyl (C=O) groups excluding carboxylic acids is 9. The number of carbonyl (C=O) groups is 10. The highest BCUT2D eigenvalue weighted by molar-refractivity contribution is 6.15. The van der Waals surface area contributed by atoms with Crippen molar-refractivity contribution in [2.24, 2.45) is 0 Å². The predicted octanol–water partition coefficient (Wildman–Crippen LogP) is -1.30. The summed E-state index contributed by atoms with van der Waals surface area (Å²) in [5.74, 6) is -11.3. The van der Waals surface area contributed by atoms with Gasteiger partial charge in [0.1, 0.15) is 31.2 Å². The zero-order chi connectivity index (χ0) is 58.7. The molecular formula is C52H52F4N10O15. The van der Waals surface area contributed by atoms with Crippen LogP contribution in [0.2, 0.25) is 0 Å². The maximum Gasteiger partial charge on any atom is 0.423 e. The number of hydrogen-bond acceptors (Lipinski definition) is 16. The van der Waals surface area contributed by atoms with Crippen molar-refractivity contribution in [1.82, 2.24) is 51.7 Å². The van der Waals surface area contributed by atoms with E-state index in [0.717, 1.165) is 18.2 Å². The van der Waals surface area contributed by atoms with Gasteiger partial charge >= 0.3 is 18.1 Å². The van der Waals surface area contributed by atoms with E-state index in [1.165, 1.54) is 24.5 Å². The van der Waals surface area contributed by atoms with Crippen LogP contribution in [-0.2, 0) is 89.0 Å². The molecular weight excluding hydrogens is 1080 g/mol. The number of esters is 1. The van der Waals surface area contributed by atoms with Gasteiger partial charge in [0.2, 0.25) is 35.6 Å². The van der Waals surface area contributed by atoms with Crippen LogP contribution in [-0.4, -0.2) is 148 Å². The lowest BCUT2D eigenvalue weighted by Crippen LogP contribution is -2.56. The van der Waals surface area contributed by atoms with Crippen LogP contribution in [0.3, 0.4) is 0 Å². The molecule has 25 nitrogen and oxygen atoms in total. The number of halogens is 4. The number of ether oxygens (including phenoxy) is 2. The number of aromatic nitrogens is 2. The van der Waals surface area contributed by atoms with Crippen LogP contribution in [0, 0.1) is 12.7 Å². The minimum atomic E-state index is -5.36. The third kappa shape index (κ3) is 12.3. The van der Waals surface area contributed by atoms with Crippen molar-refractivity contribution in [2.45, 2.75) is 88.7 Å². The van der Waals surface area contributed by atoms with E-state index < -0.39 is 153 Å². The molecule has 29 heteroatoms. The molecule has 0 spiro atoms. The topological polar surface area (TPSA) is 352 Å². The number of nitrogens with one attached hydrogen (secondary N) is 7. The number of alkyl halides is 3. The first-order valence-corrected chi connectivity index (χ1v) is 25.1. The molecule has 81 heavy (non-hydrogen) atoms. The summed E-state index contributed by atoms with van der Waals surface area (Å²) in [6, 6.07) is 6.52. The summed E-state index contributed by atoms with van der Waals surface area (Å²) in [4.78, 5) is 146. The number of amides is 8. The van der Waals surface area contributed by atoms with Gasteiger partial charge in [-0.25, -0.2) is 14.2 Å². The Morgan fingerprint density at radius 3 is 2.20 bits per heavy atom. The van der Waals surface area contributed by atoms with Gasteiger partial charge in [0.25, 0.3) is 23.3 Å². The molecule has 1 aliphatic carbocycles. The summed E-state index contributed by atoms with van der Waals surface area (Å²) in [5, 5.41) is 36.5. The first-order chi connectivity index (χ1) is 38.4. The second-order valence-electron chi connectivity index (χ2n) is 19.2. The van der Waals surface area contributed by atoms with Crippen molar-refractivity contribution < 1.29 is 85.2 Å². The normalized spacial score (nSPS) is 17.9. The van der Waals surface area contributed by atoms with Crippen molar-refractivity contribution in [3.05, 3.63) is 110 Å². The van der Waals surface area contributed by atoms with Gasteiger partial charge in [-0.1, -0.05) is 37.3 Å². The molecule has 0 unspecified atom stereocenters. The van der Waals surface area contributed by atoms with Gasteiger partial charge in [-0.3, -0.25) is 52.8 Å². The number of nitrogens with zero attached hydrogens (tertiary/aromatic N) is 3. The summed E-state index contributed by atoms with van der Waals surface area (Å²) < 4.78 is 70.8. The number of hydrogen-bond donors (Lipinski definition) is 9. The third-order valence-corrected chi connectivity index (χ3v) is 14.0. The lowest BCUT2D eigenvalue weighted by atomic mass is 9.81. The Morgan fingerprint density at radius 2 is 1.53 bits per heavy atom. The molecule has 0 saturated heterocycles. The Labute approximate surface area is 455 Å². The van der Waals surface area contributed by atoms with Crippen LogP contribution < -0.4 is 42.8 Å². The first kappa shape index (κ1) is 58.2. The van der Waals surface area contributed by atoms with Crippen molar-refractivity contribution in [3.8, 4) is 11.4 Å². The molecule has 5 atom stereocenters. The molecule has 4 aliphatic rings. The zero-order valence-electron chi connectivity index (χ0n) is 43.0. The second-order valence-corrected chi connectivity index (χ2v) is 19.2. The van der Waals surface area contributed by atoms with Gasteiger partial charge in [-0.2, -0.15) is 13.2 Å². The number of fused-ring (bicyclic) bond motifs is 5. The lowest BCUT2D eigenvalue weighted by molar-refractivity contribution is -0.220. The van der Waals surface area contributed by atoms with E-state index in [2.05, 4.69) is 31.9 Å². The highest BCUT2D eigenvalue weighted by Crippen LogP contribution is 2.46. The molecule has 9 N–H and O–H groups in total. The minimum absolute atomic E-state index is 0.000968. The fraction of sp³-hybridized carbons (Fsp3) is 0.385. The maximum atomic E-state index is 15.4. The highest BCUT2D eigenvalue weighted by atomic mass is 19.4. The Morgan fingerprint density at radius 1 is 0.864 bits per heavy atom. The van der Waals surface area contributed by atoms with Crippen LogP contribution in [0.15, 0.2) is 59.4 Å². The van der Waals surface area contributed by atoms with Crippen LogP contribution >= 0.6 is 0 Å². The van der Waals surface area contributed by atoms with E-state index in [9.17, 15) is 71.0 Å². The maximum absolute atomic E-state index is 15.4. The molecule has 8 rings (SSSR count). The van der Waals surface area contributed by atoms with Crippen molar-refractivity contribution in [1.29, 1.82) is 0 Å². The van der Waals surface area contributed by atoms with Crippen LogP contribution in [0.5, 0.6) is 0 Å². The number of carboxylic acids is 1. The summed E-state index contributed by atoms with van der Waals surface area (Å²) in [6.07, 6.45) is -7.03. The fourth-order valence-electron chi connectivity index (χ4n) is 9.99. The lowest BCUT2D eigenvalue weighted by Gasteiger charge is -2.31. The number of rotatable bonds is 22. The average Bonchev–Trinajstić information content (AvgIpc) is 2.31. The number of aryl methyl sites for hydroxylation is 1. The highest BCUT2D eigenvalue weighted by Gasteiger charge is 2.49. The monoisotopic (exact) mass is 1130 g/mol. The largest absolute Gasteiger partial charge is 0.480 e. The van der Waals surface area contributed by atoms with Crippen LogP contribution in [0.4, 0.5) is 17.6 Å². The van der Waals surface area contributed by atoms with Crippen LogP contribution in [0.25, 0.3) is 22.3 Å². The van der Waals surface area contributed by atoms with Crippen LogP contribution in [0.1, 0.15) is 64.8 Å². The molecule has 8 amide bonds. The molecule has 0 radical (unpaired) electrons. The summed E-state index contributed by atoms with van der Waals surface area (Å²) in [5.41, 5.74) is -0.720. The average molecular weight is 1130 g/mol. The van der Waals surface area contributed by atoms with Crippen molar-refractivity contribution in [2.75, 3.05) is 39.5 Å². The molecule has 2 aromatic heterocycles. The number of imide groups is 1. The third-order valence-electron chi connectivity index (χ3n) is 14.0. The number of benzene rings is 2. The quantitative estimate of drug-likeness (QED) is 0.0168. The molecule has 0 saturated carbocycles. The van der Waals surface area contributed by atoms with Gasteiger partial charge in [-0.15, -0.1) is 0 Å². The van der Waals surface area contributed by atoms with Gasteiger partial charge in [0.05, 0.1) is 61.2 Å². The number of aliphatic hydroxyl groups is 1. The number of pyridine rings is 2. The summed E-state index contributed by atoms with van der Waals surface area (Å²) in [7, 11) is 0. The summed E-state index contributed by atoms with van der Waals surface area (Å²) >= 11 is 0. The molecule has 2 aromatic carbocycles. The van der Waals surface area contributed by atoms with E-state index in [4.69, 9.17) is 19.6 Å². The molecule has 4 aromatic rings. The zero-order valence-corrected chi connectivity index (χ0v) is 43.0.